The second-order valence-electron chi connectivity index (χ2n) is 12.8. The van der Waals surface area contributed by atoms with Crippen LogP contribution in [0.4, 0.5) is 14.6 Å². The van der Waals surface area contributed by atoms with Gasteiger partial charge >= 0.3 is 12.0 Å². The van der Waals surface area contributed by atoms with Gasteiger partial charge in [0, 0.05) is 48.1 Å². The Bertz CT molecular complexity index is 1820. The van der Waals surface area contributed by atoms with Gasteiger partial charge in [-0.25, -0.2) is 8.78 Å². The zero-order valence-corrected chi connectivity index (χ0v) is 26.0. The first-order chi connectivity index (χ1) is 22.4. The number of pyridine rings is 1. The number of rotatable bonds is 3. The number of hydrogen-bond acceptors (Lipinski definition) is 10. The molecule has 3 fully saturated rings. The lowest BCUT2D eigenvalue weighted by Gasteiger charge is -2.31. The zero-order valence-electron chi connectivity index (χ0n) is 25.2. The van der Waals surface area contributed by atoms with Crippen LogP contribution in [-0.4, -0.2) is 99.8 Å². The number of benzene rings is 1. The highest BCUT2D eigenvalue weighted by Crippen LogP contribution is 2.42. The number of carbonyl (C=O) groups is 1. The van der Waals surface area contributed by atoms with E-state index in [4.69, 9.17) is 30.8 Å². The number of fused-ring (bicyclic) bond motifs is 8. The van der Waals surface area contributed by atoms with Gasteiger partial charge in [0.1, 0.15) is 35.9 Å². The number of nitrogens with one attached hydrogen (secondary N) is 1. The molecule has 6 bridgehead atoms. The molecule has 4 aromatic rings. The minimum Gasteiger partial charge on any atom is -0.461 e. The summed E-state index contributed by atoms with van der Waals surface area (Å²) in [5.41, 5.74) is 1.57. The Hall–Kier alpha value is -3.68. The molecule has 0 spiro atoms. The largest absolute Gasteiger partial charge is 0.461 e. The third-order valence-electron chi connectivity index (χ3n) is 9.80. The summed E-state index contributed by atoms with van der Waals surface area (Å²) in [7, 11) is 0. The highest BCUT2D eigenvalue weighted by atomic mass is 35.5. The molecule has 8 heterocycles. The van der Waals surface area contributed by atoms with Crippen LogP contribution in [0.25, 0.3) is 33.1 Å². The molecular formula is C32H34ClF2N7O4. The van der Waals surface area contributed by atoms with E-state index in [1.807, 2.05) is 4.90 Å². The summed E-state index contributed by atoms with van der Waals surface area (Å²) in [5, 5.41) is 8.62. The van der Waals surface area contributed by atoms with Crippen molar-refractivity contribution in [2.24, 2.45) is 0 Å². The molecule has 0 amide bonds. The molecule has 3 saturated heterocycles. The van der Waals surface area contributed by atoms with E-state index in [1.54, 1.807) is 18.5 Å². The van der Waals surface area contributed by atoms with Crippen LogP contribution in [0.5, 0.6) is 6.01 Å². The summed E-state index contributed by atoms with van der Waals surface area (Å²) in [6.45, 7) is 2.68. The van der Waals surface area contributed by atoms with Gasteiger partial charge in [-0.1, -0.05) is 11.6 Å². The van der Waals surface area contributed by atoms with Crippen LogP contribution in [0.1, 0.15) is 44.1 Å². The van der Waals surface area contributed by atoms with E-state index in [1.165, 1.54) is 0 Å². The fourth-order valence-electron chi connectivity index (χ4n) is 7.62. The topological polar surface area (TPSA) is 119 Å². The highest BCUT2D eigenvalue weighted by molar-refractivity contribution is 6.33. The Kier molecular flexibility index (Phi) is 7.65. The monoisotopic (exact) mass is 653 g/mol. The maximum atomic E-state index is 17.0. The van der Waals surface area contributed by atoms with Gasteiger partial charge in [-0.3, -0.25) is 19.8 Å². The van der Waals surface area contributed by atoms with Gasteiger partial charge in [0.15, 0.2) is 5.82 Å². The van der Waals surface area contributed by atoms with Crippen molar-refractivity contribution < 1.29 is 27.8 Å². The number of halogens is 3. The van der Waals surface area contributed by atoms with E-state index >= 15 is 4.39 Å². The van der Waals surface area contributed by atoms with Crippen molar-refractivity contribution >= 4 is 45.2 Å². The molecule has 9 rings (SSSR count). The van der Waals surface area contributed by atoms with Crippen LogP contribution in [0.2, 0.25) is 5.02 Å². The van der Waals surface area contributed by atoms with Gasteiger partial charge in [0.25, 0.3) is 0 Å². The number of nitrogens with zero attached hydrogens (tertiary/aromatic N) is 6. The van der Waals surface area contributed by atoms with Crippen molar-refractivity contribution in [3.8, 4) is 17.3 Å². The quantitative estimate of drug-likeness (QED) is 0.309. The second-order valence-corrected chi connectivity index (χ2v) is 13.2. The molecule has 242 valence electrons. The van der Waals surface area contributed by atoms with E-state index in [-0.39, 0.29) is 49.4 Å². The number of ether oxygens (including phenoxy) is 3. The number of carbonyl (C=O) groups excluding carboxylic acids is 1. The van der Waals surface area contributed by atoms with Crippen molar-refractivity contribution in [1.29, 1.82) is 0 Å². The van der Waals surface area contributed by atoms with Crippen LogP contribution in [0.15, 0.2) is 18.5 Å². The standard InChI is InChI=1S/C32H34ClF2N7O4/c33-23-10-24-21(13-37-40-24)26-20(23)4-1-2-5-25(43)46-19-15-41(8-9-44-16-19)30-22-12-36-29(26)27(35)28(22)38-31(39-30)45-17-32-6-3-7-42(32)14-18(34)11-32/h10,12-13,18-19H,1-9,11,14-17H2,(H,37,40)/t18-,19+,32+/m1/s1. The zero-order chi connectivity index (χ0) is 31.4. The molecule has 14 heteroatoms. The van der Waals surface area contributed by atoms with Crippen LogP contribution >= 0.6 is 11.6 Å². The van der Waals surface area contributed by atoms with E-state index < -0.39 is 23.6 Å². The first-order valence-electron chi connectivity index (χ1n) is 15.9. The lowest BCUT2D eigenvalue weighted by molar-refractivity contribution is -0.151. The van der Waals surface area contributed by atoms with Crippen molar-refractivity contribution in [3.63, 3.8) is 0 Å². The number of esters is 1. The van der Waals surface area contributed by atoms with Gasteiger partial charge in [0.05, 0.1) is 42.4 Å². The number of alkyl halides is 1. The Morgan fingerprint density at radius 2 is 2.02 bits per heavy atom. The molecule has 1 aromatic carbocycles. The van der Waals surface area contributed by atoms with Gasteiger partial charge in [-0.05, 0) is 50.3 Å². The van der Waals surface area contributed by atoms with Crippen molar-refractivity contribution in [3.05, 3.63) is 34.9 Å². The van der Waals surface area contributed by atoms with Gasteiger partial charge < -0.3 is 19.1 Å². The molecular weight excluding hydrogens is 620 g/mol. The number of aromatic nitrogens is 5. The Labute approximate surface area is 268 Å². The maximum Gasteiger partial charge on any atom is 0.319 e. The first-order valence-corrected chi connectivity index (χ1v) is 16.3. The number of aromatic amines is 1. The molecule has 0 unspecified atom stereocenters. The van der Waals surface area contributed by atoms with E-state index in [9.17, 15) is 9.18 Å². The Morgan fingerprint density at radius 1 is 1.13 bits per heavy atom. The molecule has 3 atom stereocenters. The molecule has 0 aliphatic carbocycles. The molecule has 1 N–H and O–H groups in total. The first kappa shape index (κ1) is 29.7. The highest BCUT2D eigenvalue weighted by Gasteiger charge is 2.49. The third kappa shape index (κ3) is 5.22. The lowest BCUT2D eigenvalue weighted by atomic mass is 9.94. The molecule has 5 aliphatic heterocycles. The SMILES string of the molecule is O=C1CCCCc2c(Cl)cc3[nH]ncc3c2-c2ncc3c(nc(OC[C@@]45CCCN4C[C@H](F)C5)nc3c2F)N2CCOC[C@H](C2)O1. The molecule has 5 aliphatic rings. The summed E-state index contributed by atoms with van der Waals surface area (Å²) < 4.78 is 49.4. The average molecular weight is 654 g/mol. The van der Waals surface area contributed by atoms with Crippen molar-refractivity contribution in [2.75, 3.05) is 50.9 Å². The van der Waals surface area contributed by atoms with Crippen LogP contribution in [0.3, 0.4) is 0 Å². The fraction of sp³-hybridized carbons (Fsp3) is 0.531. The minimum atomic E-state index is -0.918. The van der Waals surface area contributed by atoms with Gasteiger partial charge in [-0.2, -0.15) is 15.1 Å². The number of anilines is 1. The normalized spacial score (nSPS) is 25.6. The molecule has 46 heavy (non-hydrogen) atoms. The molecule has 0 radical (unpaired) electrons. The van der Waals surface area contributed by atoms with E-state index in [2.05, 4.69) is 25.1 Å². The van der Waals surface area contributed by atoms with Crippen molar-refractivity contribution in [2.45, 2.75) is 62.8 Å². The Balaban J connectivity index is 1.30. The molecule has 11 nitrogen and oxygen atoms in total. The molecule has 0 saturated carbocycles. The van der Waals surface area contributed by atoms with Crippen LogP contribution in [0, 0.1) is 5.82 Å². The molecule has 3 aromatic heterocycles. The number of H-pyrrole nitrogens is 1. The van der Waals surface area contributed by atoms with E-state index in [0.29, 0.717) is 83.6 Å². The fourth-order valence-corrected chi connectivity index (χ4v) is 7.92. The predicted octanol–water partition coefficient (Wildman–Crippen LogP) is 4.79. The van der Waals surface area contributed by atoms with Gasteiger partial charge in [0.2, 0.25) is 0 Å². The smallest absolute Gasteiger partial charge is 0.319 e. The third-order valence-corrected chi connectivity index (χ3v) is 10.1. The minimum absolute atomic E-state index is 0.0123. The summed E-state index contributed by atoms with van der Waals surface area (Å²) in [6.07, 6.45) is 5.79. The maximum absolute atomic E-state index is 17.0. The number of hydrogen-bond donors (Lipinski definition) is 1. The van der Waals surface area contributed by atoms with Crippen LogP contribution in [-0.2, 0) is 20.7 Å². The van der Waals surface area contributed by atoms with Gasteiger partial charge in [-0.15, -0.1) is 0 Å². The Morgan fingerprint density at radius 3 is 2.93 bits per heavy atom. The van der Waals surface area contributed by atoms with E-state index in [0.717, 1.165) is 19.4 Å². The van der Waals surface area contributed by atoms with Crippen LogP contribution < -0.4 is 9.64 Å². The second kappa shape index (κ2) is 11.8. The predicted molar refractivity (Wildman–Crippen MR) is 166 cm³/mol. The van der Waals surface area contributed by atoms with Crippen molar-refractivity contribution in [1.82, 2.24) is 30.0 Å². The summed E-state index contributed by atoms with van der Waals surface area (Å²) in [6, 6.07) is 1.76. The summed E-state index contributed by atoms with van der Waals surface area (Å²) in [4.78, 5) is 31.0. The summed E-state index contributed by atoms with van der Waals surface area (Å²) >= 11 is 6.79. The summed E-state index contributed by atoms with van der Waals surface area (Å²) in [5.74, 6) is -0.550. The average Bonchev–Trinajstić information content (AvgIpc) is 3.68. The lowest BCUT2D eigenvalue weighted by Crippen LogP contribution is -2.43.